The van der Waals surface area contributed by atoms with E-state index in [1.165, 1.54) is 24.3 Å². The molecule has 3 N–H and O–H groups in total. The van der Waals surface area contributed by atoms with Gasteiger partial charge < -0.3 is 25.0 Å². The molecule has 2 aromatic carbocycles. The van der Waals surface area contributed by atoms with Gasteiger partial charge in [-0.15, -0.1) is 13.2 Å². The number of fused-ring (bicyclic) bond motifs is 1. The first kappa shape index (κ1) is 21.7. The standard InChI is InChI=1S/C21H20F3NO5/c1-2-18(28)25-10-13-9-16(12-3-5-14(6-4-12)30-21(22,23)24)20-15(7-8-29-20)19(13)17(27)11-26/h2-6,9,17,26-27H,1,7-8,10-11H2,(H,25,28)/t17-/m1/s1. The molecule has 1 heterocycles. The molecule has 30 heavy (non-hydrogen) atoms. The molecular formula is C21H20F3NO5. The maximum atomic E-state index is 12.4. The van der Waals surface area contributed by atoms with Crippen LogP contribution in [0.4, 0.5) is 13.2 Å². The van der Waals surface area contributed by atoms with E-state index in [2.05, 4.69) is 16.6 Å². The summed E-state index contributed by atoms with van der Waals surface area (Å²) in [4.78, 5) is 11.6. The quantitative estimate of drug-likeness (QED) is 0.596. The second-order valence-corrected chi connectivity index (χ2v) is 6.60. The van der Waals surface area contributed by atoms with Gasteiger partial charge in [0.15, 0.2) is 0 Å². The lowest BCUT2D eigenvalue weighted by atomic mass is 9.89. The summed E-state index contributed by atoms with van der Waals surface area (Å²) in [5, 5.41) is 22.5. The Labute approximate surface area is 170 Å². The number of nitrogens with one attached hydrogen (secondary N) is 1. The summed E-state index contributed by atoms with van der Waals surface area (Å²) in [6, 6.07) is 7.00. The number of rotatable bonds is 7. The largest absolute Gasteiger partial charge is 0.573 e. The third-order valence-electron chi connectivity index (χ3n) is 4.65. The molecule has 6 nitrogen and oxygen atoms in total. The lowest BCUT2D eigenvalue weighted by Gasteiger charge is -2.20. The number of carbonyl (C=O) groups excluding carboxylic acids is 1. The van der Waals surface area contributed by atoms with Gasteiger partial charge >= 0.3 is 6.36 Å². The lowest BCUT2D eigenvalue weighted by molar-refractivity contribution is -0.274. The van der Waals surface area contributed by atoms with Crippen molar-refractivity contribution < 1.29 is 37.7 Å². The van der Waals surface area contributed by atoms with Crippen LogP contribution in [-0.4, -0.2) is 35.7 Å². The number of ether oxygens (including phenoxy) is 2. The van der Waals surface area contributed by atoms with Gasteiger partial charge in [-0.25, -0.2) is 0 Å². The maximum absolute atomic E-state index is 12.4. The van der Waals surface area contributed by atoms with Gasteiger partial charge in [0, 0.05) is 24.1 Å². The van der Waals surface area contributed by atoms with Gasteiger partial charge in [0.05, 0.1) is 13.2 Å². The molecule has 0 spiro atoms. The third-order valence-corrected chi connectivity index (χ3v) is 4.65. The van der Waals surface area contributed by atoms with Gasteiger partial charge in [-0.1, -0.05) is 18.7 Å². The zero-order valence-corrected chi connectivity index (χ0v) is 15.8. The molecule has 0 saturated carbocycles. The highest BCUT2D eigenvalue weighted by molar-refractivity contribution is 5.87. The number of hydrogen-bond donors (Lipinski definition) is 3. The van der Waals surface area contributed by atoms with Crippen molar-refractivity contribution in [3.05, 3.63) is 59.7 Å². The van der Waals surface area contributed by atoms with Crippen molar-refractivity contribution >= 4 is 5.91 Å². The zero-order valence-electron chi connectivity index (χ0n) is 15.8. The average molecular weight is 423 g/mol. The molecule has 1 atom stereocenters. The molecule has 1 aliphatic rings. The van der Waals surface area contributed by atoms with Crippen molar-refractivity contribution in [3.63, 3.8) is 0 Å². The Balaban J connectivity index is 2.05. The van der Waals surface area contributed by atoms with Crippen LogP contribution >= 0.6 is 0 Å². The summed E-state index contributed by atoms with van der Waals surface area (Å²) >= 11 is 0. The molecule has 0 aliphatic carbocycles. The monoisotopic (exact) mass is 423 g/mol. The summed E-state index contributed by atoms with van der Waals surface area (Å²) in [5.41, 5.74) is 2.88. The highest BCUT2D eigenvalue weighted by Gasteiger charge is 2.31. The Morgan fingerprint density at radius 2 is 2.03 bits per heavy atom. The van der Waals surface area contributed by atoms with E-state index in [-0.39, 0.29) is 12.3 Å². The second-order valence-electron chi connectivity index (χ2n) is 6.60. The number of aliphatic hydroxyl groups excluding tert-OH is 2. The van der Waals surface area contributed by atoms with Gasteiger partial charge in [-0.2, -0.15) is 0 Å². The van der Waals surface area contributed by atoms with Crippen LogP contribution in [0, 0.1) is 0 Å². The van der Waals surface area contributed by atoms with Crippen LogP contribution in [0.25, 0.3) is 11.1 Å². The zero-order chi connectivity index (χ0) is 21.9. The number of amides is 1. The van der Waals surface area contributed by atoms with E-state index < -0.39 is 25.0 Å². The fraction of sp³-hybridized carbons (Fsp3) is 0.286. The van der Waals surface area contributed by atoms with Crippen molar-refractivity contribution in [3.8, 4) is 22.6 Å². The van der Waals surface area contributed by atoms with Crippen LogP contribution < -0.4 is 14.8 Å². The molecule has 1 amide bonds. The Bertz CT molecular complexity index is 941. The summed E-state index contributed by atoms with van der Waals surface area (Å²) in [6.07, 6.45) is -4.37. The maximum Gasteiger partial charge on any atom is 0.573 e. The molecule has 0 saturated heterocycles. The van der Waals surface area contributed by atoms with Crippen molar-refractivity contribution in [2.75, 3.05) is 13.2 Å². The van der Waals surface area contributed by atoms with Crippen LogP contribution in [0.1, 0.15) is 22.8 Å². The molecule has 0 bridgehead atoms. The average Bonchev–Trinajstić information content (AvgIpc) is 3.19. The third kappa shape index (κ3) is 4.74. The SMILES string of the molecule is C=CC(=O)NCc1cc(-c2ccc(OC(F)(F)F)cc2)c2c(c1[C@H](O)CO)CCO2. The Morgan fingerprint density at radius 3 is 2.63 bits per heavy atom. The molecule has 160 valence electrons. The highest BCUT2D eigenvalue weighted by atomic mass is 19.4. The Morgan fingerprint density at radius 1 is 1.33 bits per heavy atom. The molecule has 1 aliphatic heterocycles. The van der Waals surface area contributed by atoms with E-state index in [9.17, 15) is 28.2 Å². The van der Waals surface area contributed by atoms with Gasteiger partial charge in [0.25, 0.3) is 0 Å². The summed E-state index contributed by atoms with van der Waals surface area (Å²) in [7, 11) is 0. The van der Waals surface area contributed by atoms with E-state index in [4.69, 9.17) is 4.74 Å². The van der Waals surface area contributed by atoms with Crippen molar-refractivity contribution in [1.29, 1.82) is 0 Å². The smallest absolute Gasteiger partial charge is 0.492 e. The molecule has 0 fully saturated rings. The molecule has 2 aromatic rings. The van der Waals surface area contributed by atoms with Crippen LogP contribution in [0.5, 0.6) is 11.5 Å². The number of alkyl halides is 3. The summed E-state index contributed by atoms with van der Waals surface area (Å²) < 4.78 is 46.8. The van der Waals surface area contributed by atoms with E-state index in [1.54, 1.807) is 6.07 Å². The molecule has 3 rings (SSSR count). The molecule has 0 radical (unpaired) electrons. The second kappa shape index (κ2) is 8.76. The van der Waals surface area contributed by atoms with E-state index in [0.717, 1.165) is 6.08 Å². The number of benzene rings is 2. The Hall–Kier alpha value is -3.04. The predicted octanol–water partition coefficient (Wildman–Crippen LogP) is 3.02. The van der Waals surface area contributed by atoms with Crippen molar-refractivity contribution in [1.82, 2.24) is 5.32 Å². The molecular weight excluding hydrogens is 403 g/mol. The van der Waals surface area contributed by atoms with Crippen LogP contribution in [0.2, 0.25) is 0 Å². The summed E-state index contributed by atoms with van der Waals surface area (Å²) in [6.45, 7) is 3.29. The fourth-order valence-electron chi connectivity index (χ4n) is 3.42. The van der Waals surface area contributed by atoms with E-state index >= 15 is 0 Å². The molecule has 0 aromatic heterocycles. The van der Waals surface area contributed by atoms with Gasteiger partial charge in [-0.3, -0.25) is 4.79 Å². The number of carbonyl (C=O) groups is 1. The summed E-state index contributed by atoms with van der Waals surface area (Å²) in [5.74, 6) is -0.276. The van der Waals surface area contributed by atoms with Gasteiger partial charge in [0.2, 0.25) is 5.91 Å². The molecule has 9 heteroatoms. The predicted molar refractivity (Wildman–Crippen MR) is 102 cm³/mol. The first-order chi connectivity index (χ1) is 14.2. The minimum Gasteiger partial charge on any atom is -0.492 e. The highest BCUT2D eigenvalue weighted by Crippen LogP contribution is 2.43. The minimum absolute atomic E-state index is 0.0623. The van der Waals surface area contributed by atoms with Crippen molar-refractivity contribution in [2.45, 2.75) is 25.4 Å². The minimum atomic E-state index is -4.79. The number of halogens is 3. The van der Waals surface area contributed by atoms with Gasteiger partial charge in [0.1, 0.15) is 17.6 Å². The van der Waals surface area contributed by atoms with E-state index in [1.807, 2.05) is 0 Å². The topological polar surface area (TPSA) is 88.0 Å². The fourth-order valence-corrected chi connectivity index (χ4v) is 3.42. The van der Waals surface area contributed by atoms with Crippen LogP contribution in [0.3, 0.4) is 0 Å². The lowest BCUT2D eigenvalue weighted by Crippen LogP contribution is -2.22. The van der Waals surface area contributed by atoms with Crippen LogP contribution in [-0.2, 0) is 17.8 Å². The number of hydrogen-bond acceptors (Lipinski definition) is 5. The van der Waals surface area contributed by atoms with E-state index in [0.29, 0.717) is 46.6 Å². The van der Waals surface area contributed by atoms with Crippen LogP contribution in [0.15, 0.2) is 43.0 Å². The normalized spacial score (nSPS) is 13.9. The first-order valence-corrected chi connectivity index (χ1v) is 9.10. The molecule has 0 unspecified atom stereocenters. The Kier molecular flexibility index (Phi) is 6.33. The first-order valence-electron chi connectivity index (χ1n) is 9.10. The van der Waals surface area contributed by atoms with Crippen molar-refractivity contribution in [2.24, 2.45) is 0 Å². The number of aliphatic hydroxyl groups is 2. The van der Waals surface area contributed by atoms with Gasteiger partial charge in [-0.05, 0) is 41.0 Å².